The van der Waals surface area contributed by atoms with Crippen LogP contribution in [0.3, 0.4) is 0 Å². The predicted octanol–water partition coefficient (Wildman–Crippen LogP) is 8.46. The van der Waals surface area contributed by atoms with Crippen LogP contribution in [0.4, 0.5) is 0 Å². The molecule has 0 aliphatic carbocycles. The molecule has 0 radical (unpaired) electrons. The van der Waals surface area contributed by atoms with Gasteiger partial charge in [0.25, 0.3) is 0 Å². The summed E-state index contributed by atoms with van der Waals surface area (Å²) in [4.78, 5) is 4.51. The van der Waals surface area contributed by atoms with Crippen molar-refractivity contribution in [3.8, 4) is 0 Å². The Labute approximate surface area is 206 Å². The maximum Gasteiger partial charge on any atom is 0.212 e. The van der Waals surface area contributed by atoms with Crippen LogP contribution in [0.25, 0.3) is 21.8 Å². The van der Waals surface area contributed by atoms with Crippen molar-refractivity contribution in [3.05, 3.63) is 84.2 Å². The summed E-state index contributed by atoms with van der Waals surface area (Å²) in [5.74, 6) is 0.608. The molecule has 2 heterocycles. The first-order valence-electron chi connectivity index (χ1n) is 13.4. The van der Waals surface area contributed by atoms with E-state index in [0.29, 0.717) is 5.92 Å². The van der Waals surface area contributed by atoms with Gasteiger partial charge in [-0.15, -0.1) is 0 Å². The predicted molar refractivity (Wildman–Crippen MR) is 145 cm³/mol. The monoisotopic (exact) mass is 453 g/mol. The maximum atomic E-state index is 4.51. The maximum absolute atomic E-state index is 4.51. The molecule has 1 atom stereocenters. The number of nitrogens with zero attached hydrogens (tertiary/aromatic N) is 2. The van der Waals surface area contributed by atoms with Gasteiger partial charge < -0.3 is 0 Å². The number of benzene rings is 2. The Balaban J connectivity index is 1.06. The van der Waals surface area contributed by atoms with E-state index in [1.165, 1.54) is 98.0 Å². The third-order valence-electron chi connectivity index (χ3n) is 7.43. The van der Waals surface area contributed by atoms with Gasteiger partial charge in [-0.05, 0) is 54.5 Å². The van der Waals surface area contributed by atoms with Gasteiger partial charge in [0.1, 0.15) is 7.05 Å². The van der Waals surface area contributed by atoms with Crippen LogP contribution in [-0.2, 0) is 13.5 Å². The topological polar surface area (TPSA) is 16.8 Å². The molecular formula is C32H41N2+. The standard InChI is InChI=1S/C32H41N2/c1-26(28-22-24-33-31-20-14-12-19-30(28)31)16-10-8-6-4-3-5-7-9-11-17-27-23-25-34(2)32-21-15-13-18-29(27)32/h12-15,18-26H,3-11,16-17H2,1-2H3/q+1. The van der Waals surface area contributed by atoms with E-state index in [9.17, 15) is 0 Å². The molecule has 0 N–H and O–H groups in total. The van der Waals surface area contributed by atoms with Crippen LogP contribution in [0, 0.1) is 0 Å². The van der Waals surface area contributed by atoms with Gasteiger partial charge in [-0.2, -0.15) is 0 Å². The normalized spacial score (nSPS) is 12.4. The summed E-state index contributed by atoms with van der Waals surface area (Å²) in [6.45, 7) is 2.38. The van der Waals surface area contributed by atoms with Gasteiger partial charge in [-0.25, -0.2) is 4.57 Å². The second kappa shape index (κ2) is 12.6. The number of hydrogen-bond donors (Lipinski definition) is 0. The number of unbranched alkanes of at least 4 members (excludes halogenated alkanes) is 8. The smallest absolute Gasteiger partial charge is 0.212 e. The van der Waals surface area contributed by atoms with Crippen LogP contribution in [0.1, 0.15) is 88.2 Å². The molecule has 0 spiro atoms. The van der Waals surface area contributed by atoms with Crippen LogP contribution in [0.15, 0.2) is 73.1 Å². The zero-order chi connectivity index (χ0) is 23.6. The highest BCUT2D eigenvalue weighted by molar-refractivity contribution is 5.82. The van der Waals surface area contributed by atoms with Crippen molar-refractivity contribution in [2.24, 2.45) is 7.05 Å². The first-order valence-corrected chi connectivity index (χ1v) is 13.4. The first-order chi connectivity index (χ1) is 16.7. The highest BCUT2D eigenvalue weighted by atomic mass is 14.9. The largest absolute Gasteiger partial charge is 0.256 e. The Morgan fingerprint density at radius 1 is 0.706 bits per heavy atom. The van der Waals surface area contributed by atoms with E-state index in [0.717, 1.165) is 5.52 Å². The van der Waals surface area contributed by atoms with Crippen LogP contribution >= 0.6 is 0 Å². The van der Waals surface area contributed by atoms with Crippen LogP contribution in [0.5, 0.6) is 0 Å². The lowest BCUT2D eigenvalue weighted by Gasteiger charge is -2.14. The molecule has 0 bridgehead atoms. The highest BCUT2D eigenvalue weighted by Gasteiger charge is 2.10. The third-order valence-corrected chi connectivity index (χ3v) is 7.43. The molecule has 0 saturated heterocycles. The summed E-state index contributed by atoms with van der Waals surface area (Å²) in [7, 11) is 2.13. The molecule has 4 aromatic rings. The van der Waals surface area contributed by atoms with Crippen LogP contribution < -0.4 is 4.57 Å². The number of rotatable bonds is 13. The van der Waals surface area contributed by atoms with E-state index in [1.54, 1.807) is 0 Å². The lowest BCUT2D eigenvalue weighted by atomic mass is 9.92. The van der Waals surface area contributed by atoms with E-state index < -0.39 is 0 Å². The molecule has 0 aliphatic heterocycles. The van der Waals surface area contributed by atoms with Crippen molar-refractivity contribution in [2.45, 2.75) is 83.5 Å². The molecule has 4 rings (SSSR count). The van der Waals surface area contributed by atoms with Gasteiger partial charge in [0.05, 0.1) is 5.52 Å². The molecule has 2 aromatic heterocycles. The number of aromatic nitrogens is 2. The molecule has 2 aromatic carbocycles. The van der Waals surface area contributed by atoms with Crippen molar-refractivity contribution in [2.75, 3.05) is 0 Å². The van der Waals surface area contributed by atoms with Gasteiger partial charge >= 0.3 is 0 Å². The molecule has 0 aliphatic rings. The van der Waals surface area contributed by atoms with Crippen LogP contribution in [-0.4, -0.2) is 4.98 Å². The number of aryl methyl sites for hydroxylation is 2. The van der Waals surface area contributed by atoms with Crippen molar-refractivity contribution >= 4 is 21.8 Å². The number of fused-ring (bicyclic) bond motifs is 2. The van der Waals surface area contributed by atoms with E-state index in [1.807, 2.05) is 6.20 Å². The summed E-state index contributed by atoms with van der Waals surface area (Å²) < 4.78 is 2.22. The van der Waals surface area contributed by atoms with Gasteiger partial charge in [0, 0.05) is 29.1 Å². The molecule has 178 valence electrons. The Hall–Kier alpha value is -2.74. The minimum Gasteiger partial charge on any atom is -0.256 e. The fourth-order valence-electron chi connectivity index (χ4n) is 5.35. The highest BCUT2D eigenvalue weighted by Crippen LogP contribution is 2.28. The van der Waals surface area contributed by atoms with Gasteiger partial charge in [-0.1, -0.05) is 88.6 Å². The van der Waals surface area contributed by atoms with Crippen molar-refractivity contribution in [1.82, 2.24) is 4.98 Å². The van der Waals surface area contributed by atoms with Gasteiger partial charge in [0.2, 0.25) is 5.52 Å². The van der Waals surface area contributed by atoms with Crippen LogP contribution in [0.2, 0.25) is 0 Å². The number of hydrogen-bond acceptors (Lipinski definition) is 1. The first kappa shape index (κ1) is 24.4. The van der Waals surface area contributed by atoms with E-state index >= 15 is 0 Å². The molecule has 2 nitrogen and oxygen atoms in total. The van der Waals surface area contributed by atoms with E-state index in [-0.39, 0.29) is 0 Å². The Morgan fingerprint density at radius 3 is 2.15 bits per heavy atom. The molecule has 1 unspecified atom stereocenters. The lowest BCUT2D eigenvalue weighted by molar-refractivity contribution is -0.644. The number of para-hydroxylation sites is 2. The Morgan fingerprint density at radius 2 is 1.35 bits per heavy atom. The molecule has 2 heteroatoms. The Bertz CT molecular complexity index is 1170. The zero-order valence-corrected chi connectivity index (χ0v) is 21.2. The Kier molecular flexibility index (Phi) is 9.07. The molecule has 0 amide bonds. The number of pyridine rings is 2. The molecular weight excluding hydrogens is 412 g/mol. The zero-order valence-electron chi connectivity index (χ0n) is 21.2. The van der Waals surface area contributed by atoms with Gasteiger partial charge in [-0.3, -0.25) is 4.98 Å². The average molecular weight is 454 g/mol. The average Bonchev–Trinajstić information content (AvgIpc) is 2.88. The minimum absolute atomic E-state index is 0.608. The second-order valence-electron chi connectivity index (χ2n) is 10.0. The summed E-state index contributed by atoms with van der Waals surface area (Å²) in [6, 6.07) is 21.9. The van der Waals surface area contributed by atoms with E-state index in [2.05, 4.69) is 90.4 Å². The minimum atomic E-state index is 0.608. The van der Waals surface area contributed by atoms with Gasteiger partial charge in [0.15, 0.2) is 6.20 Å². The van der Waals surface area contributed by atoms with E-state index in [4.69, 9.17) is 0 Å². The summed E-state index contributed by atoms with van der Waals surface area (Å²) >= 11 is 0. The van der Waals surface area contributed by atoms with Crippen molar-refractivity contribution < 1.29 is 4.57 Å². The molecule has 0 saturated carbocycles. The van der Waals surface area contributed by atoms with Crippen molar-refractivity contribution in [3.63, 3.8) is 0 Å². The summed E-state index contributed by atoms with van der Waals surface area (Å²) in [5.41, 5.74) is 5.42. The quantitative estimate of drug-likeness (QED) is 0.146. The summed E-state index contributed by atoms with van der Waals surface area (Å²) in [5, 5.41) is 2.74. The SMILES string of the molecule is CC(CCCCCCCCCCCc1cc[n+](C)c2ccccc12)c1ccnc2ccccc12. The lowest BCUT2D eigenvalue weighted by Crippen LogP contribution is -2.28. The molecule has 34 heavy (non-hydrogen) atoms. The van der Waals surface area contributed by atoms with Crippen molar-refractivity contribution in [1.29, 1.82) is 0 Å². The third kappa shape index (κ3) is 6.44. The molecule has 0 fully saturated rings. The second-order valence-corrected chi connectivity index (χ2v) is 10.0. The fraction of sp³-hybridized carbons (Fsp3) is 0.438. The summed E-state index contributed by atoms with van der Waals surface area (Å²) in [6.07, 6.45) is 19.0. The fourth-order valence-corrected chi connectivity index (χ4v) is 5.35.